The van der Waals surface area contributed by atoms with Gasteiger partial charge in [-0.15, -0.1) is 0 Å². The number of hydrogen-bond donors (Lipinski definition) is 3. The number of aryl methyl sites for hydroxylation is 2. The molecule has 0 bridgehead atoms. The number of nitrogens with one attached hydrogen (secondary N) is 2. The molecule has 0 aliphatic heterocycles. The molecule has 7 heteroatoms. The molecular formula is C26H28ClN5O. The molecule has 0 atom stereocenters. The van der Waals surface area contributed by atoms with Crippen molar-refractivity contribution in [3.63, 3.8) is 0 Å². The average molecular weight is 462 g/mol. The molecular weight excluding hydrogens is 434 g/mol. The predicted octanol–water partition coefficient (Wildman–Crippen LogP) is 6.43. The summed E-state index contributed by atoms with van der Waals surface area (Å²) < 4.78 is 1.77. The minimum Gasteiger partial charge on any atom is -0.326 e. The van der Waals surface area contributed by atoms with Crippen molar-refractivity contribution in [3.05, 3.63) is 82.5 Å². The number of fused-ring (bicyclic) bond motifs is 1. The van der Waals surface area contributed by atoms with E-state index in [0.717, 1.165) is 52.5 Å². The van der Waals surface area contributed by atoms with Gasteiger partial charge in [-0.3, -0.25) is 5.32 Å². The summed E-state index contributed by atoms with van der Waals surface area (Å²) >= 11 is 6.35. The molecule has 33 heavy (non-hydrogen) atoms. The fraction of sp³-hybridized carbons (Fsp3) is 0.231. The summed E-state index contributed by atoms with van der Waals surface area (Å²) in [6.07, 6.45) is 2.92. The van der Waals surface area contributed by atoms with Gasteiger partial charge in [0.05, 0.1) is 22.1 Å². The Bertz CT molecular complexity index is 1300. The highest BCUT2D eigenvalue weighted by Crippen LogP contribution is 2.27. The zero-order chi connectivity index (χ0) is 23.4. The molecule has 0 aliphatic rings. The van der Waals surface area contributed by atoms with Crippen molar-refractivity contribution in [3.8, 4) is 5.69 Å². The van der Waals surface area contributed by atoms with Crippen molar-refractivity contribution < 1.29 is 4.79 Å². The first-order valence-electron chi connectivity index (χ1n) is 11.1. The SMILES string of the molecule is CCCCc1cc(NC(=O)Nc2cccc(C)c2Cl)n(-c2cc(CN)c3ccccc3c2)n1. The summed E-state index contributed by atoms with van der Waals surface area (Å²) in [4.78, 5) is 12.8. The van der Waals surface area contributed by atoms with Crippen LogP contribution >= 0.6 is 11.6 Å². The van der Waals surface area contributed by atoms with Gasteiger partial charge < -0.3 is 11.1 Å². The summed E-state index contributed by atoms with van der Waals surface area (Å²) in [6, 6.07) is 19.3. The first kappa shape index (κ1) is 22.8. The molecule has 4 rings (SSSR count). The maximum absolute atomic E-state index is 12.8. The monoisotopic (exact) mass is 461 g/mol. The van der Waals surface area contributed by atoms with Gasteiger partial charge in [0.25, 0.3) is 0 Å². The summed E-state index contributed by atoms with van der Waals surface area (Å²) in [7, 11) is 0. The van der Waals surface area contributed by atoms with E-state index in [9.17, 15) is 4.79 Å². The number of urea groups is 1. The molecule has 0 radical (unpaired) electrons. The van der Waals surface area contributed by atoms with Crippen molar-refractivity contribution >= 4 is 39.9 Å². The van der Waals surface area contributed by atoms with Gasteiger partial charge in [0.2, 0.25) is 0 Å². The number of nitrogens with two attached hydrogens (primary N) is 1. The minimum atomic E-state index is -0.384. The van der Waals surface area contributed by atoms with Gasteiger partial charge in [0.1, 0.15) is 5.82 Å². The molecule has 0 saturated carbocycles. The molecule has 0 unspecified atom stereocenters. The van der Waals surface area contributed by atoms with Crippen LogP contribution < -0.4 is 16.4 Å². The summed E-state index contributed by atoms with van der Waals surface area (Å²) in [5, 5.41) is 13.3. The number of aromatic nitrogens is 2. The fourth-order valence-electron chi connectivity index (χ4n) is 3.87. The van der Waals surface area contributed by atoms with Crippen LogP contribution in [-0.2, 0) is 13.0 Å². The van der Waals surface area contributed by atoms with Gasteiger partial charge >= 0.3 is 6.03 Å². The fourth-order valence-corrected chi connectivity index (χ4v) is 4.05. The molecule has 1 heterocycles. The third kappa shape index (κ3) is 5.02. The van der Waals surface area contributed by atoms with Gasteiger partial charge in [-0.25, -0.2) is 9.48 Å². The number of nitrogens with zero attached hydrogens (tertiary/aromatic N) is 2. The second-order valence-electron chi connectivity index (χ2n) is 8.08. The van der Waals surface area contributed by atoms with E-state index in [4.69, 9.17) is 22.4 Å². The largest absolute Gasteiger partial charge is 0.326 e. The van der Waals surface area contributed by atoms with Gasteiger partial charge in [0, 0.05) is 12.6 Å². The van der Waals surface area contributed by atoms with Crippen LogP contribution in [-0.4, -0.2) is 15.8 Å². The lowest BCUT2D eigenvalue weighted by Gasteiger charge is -2.13. The molecule has 6 nitrogen and oxygen atoms in total. The molecule has 4 N–H and O–H groups in total. The Morgan fingerprint density at radius 3 is 2.70 bits per heavy atom. The number of benzene rings is 3. The van der Waals surface area contributed by atoms with E-state index < -0.39 is 0 Å². The van der Waals surface area contributed by atoms with Gasteiger partial charge in [-0.2, -0.15) is 5.10 Å². The van der Waals surface area contributed by atoms with Crippen LogP contribution in [0.3, 0.4) is 0 Å². The number of carbonyl (C=O) groups is 1. The molecule has 0 spiro atoms. The van der Waals surface area contributed by atoms with Gasteiger partial charge in [-0.05, 0) is 59.9 Å². The number of anilines is 2. The van der Waals surface area contributed by atoms with Crippen LogP contribution in [0.25, 0.3) is 16.5 Å². The lowest BCUT2D eigenvalue weighted by Crippen LogP contribution is -2.21. The summed E-state index contributed by atoms with van der Waals surface area (Å²) in [5.74, 6) is 0.584. The molecule has 4 aromatic rings. The summed E-state index contributed by atoms with van der Waals surface area (Å²) in [5.41, 5.74) is 10.3. The number of rotatable bonds is 7. The number of unbranched alkanes of at least 4 members (excludes halogenated alkanes) is 1. The number of hydrogen-bond acceptors (Lipinski definition) is 3. The zero-order valence-electron chi connectivity index (χ0n) is 18.9. The highest BCUT2D eigenvalue weighted by Gasteiger charge is 2.15. The van der Waals surface area contributed by atoms with Crippen LogP contribution in [0.2, 0.25) is 5.02 Å². The quantitative estimate of drug-likeness (QED) is 0.296. The number of amides is 2. The Balaban J connectivity index is 1.70. The van der Waals surface area contributed by atoms with Crippen molar-refractivity contribution in [2.75, 3.05) is 10.6 Å². The van der Waals surface area contributed by atoms with Crippen LogP contribution in [0.15, 0.2) is 60.7 Å². The Morgan fingerprint density at radius 2 is 1.91 bits per heavy atom. The van der Waals surface area contributed by atoms with Crippen LogP contribution in [0.4, 0.5) is 16.3 Å². The smallest absolute Gasteiger partial charge is 0.324 e. The molecule has 2 amide bonds. The Morgan fingerprint density at radius 1 is 1.09 bits per heavy atom. The highest BCUT2D eigenvalue weighted by atomic mass is 35.5. The lowest BCUT2D eigenvalue weighted by molar-refractivity contribution is 0.262. The van der Waals surface area contributed by atoms with Crippen molar-refractivity contribution in [2.45, 2.75) is 39.7 Å². The predicted molar refractivity (Wildman–Crippen MR) is 136 cm³/mol. The van der Waals surface area contributed by atoms with E-state index in [-0.39, 0.29) is 6.03 Å². The van der Waals surface area contributed by atoms with E-state index in [1.54, 1.807) is 10.7 Å². The van der Waals surface area contributed by atoms with Crippen LogP contribution in [0.1, 0.15) is 36.6 Å². The van der Waals surface area contributed by atoms with Crippen molar-refractivity contribution in [1.82, 2.24) is 9.78 Å². The standard InChI is InChI=1S/C26H28ClN5O/c1-3-4-10-20-15-24(30-26(33)29-23-12-7-8-17(2)25(23)27)32(31-20)21-13-18-9-5-6-11-22(18)19(14-21)16-28/h5-9,11-15H,3-4,10,16,28H2,1-2H3,(H2,29,30,33). The topological polar surface area (TPSA) is 85.0 Å². The second-order valence-corrected chi connectivity index (χ2v) is 8.46. The third-order valence-electron chi connectivity index (χ3n) is 5.62. The normalized spacial score (nSPS) is 11.0. The van der Waals surface area contributed by atoms with E-state index in [2.05, 4.69) is 35.8 Å². The van der Waals surface area contributed by atoms with Crippen LogP contribution in [0.5, 0.6) is 0 Å². The van der Waals surface area contributed by atoms with Crippen molar-refractivity contribution in [2.24, 2.45) is 5.73 Å². The van der Waals surface area contributed by atoms with E-state index in [1.807, 2.05) is 43.3 Å². The molecule has 1 aromatic heterocycles. The average Bonchev–Trinajstić information content (AvgIpc) is 3.22. The first-order valence-corrected chi connectivity index (χ1v) is 11.5. The van der Waals surface area contributed by atoms with Crippen LogP contribution in [0, 0.1) is 6.92 Å². The maximum Gasteiger partial charge on any atom is 0.324 e. The van der Waals surface area contributed by atoms with E-state index in [0.29, 0.717) is 23.1 Å². The van der Waals surface area contributed by atoms with E-state index >= 15 is 0 Å². The highest BCUT2D eigenvalue weighted by molar-refractivity contribution is 6.34. The molecule has 0 saturated heterocycles. The van der Waals surface area contributed by atoms with E-state index in [1.165, 1.54) is 0 Å². The Hall–Kier alpha value is -3.35. The first-order chi connectivity index (χ1) is 16.0. The number of carbonyl (C=O) groups excluding carboxylic acids is 1. The zero-order valence-corrected chi connectivity index (χ0v) is 19.6. The molecule has 170 valence electrons. The molecule has 3 aromatic carbocycles. The minimum absolute atomic E-state index is 0.384. The Kier molecular flexibility index (Phi) is 6.96. The second kappa shape index (κ2) is 10.1. The maximum atomic E-state index is 12.8. The third-order valence-corrected chi connectivity index (χ3v) is 6.13. The van der Waals surface area contributed by atoms with Gasteiger partial charge in [0.15, 0.2) is 0 Å². The Labute approximate surface area is 198 Å². The van der Waals surface area contributed by atoms with Gasteiger partial charge in [-0.1, -0.05) is 61.3 Å². The molecule has 0 fully saturated rings. The number of halogens is 1. The van der Waals surface area contributed by atoms with Crippen molar-refractivity contribution in [1.29, 1.82) is 0 Å². The molecule has 0 aliphatic carbocycles. The summed E-state index contributed by atoms with van der Waals surface area (Å²) in [6.45, 7) is 4.45. The lowest BCUT2D eigenvalue weighted by atomic mass is 10.0.